The fourth-order valence-corrected chi connectivity index (χ4v) is 3.82. The normalized spacial score (nSPS) is 29.2. The van der Waals surface area contributed by atoms with Gasteiger partial charge < -0.3 is 10.6 Å². The Balaban J connectivity index is 1.71. The average molecular weight is 289 g/mol. The SMILES string of the molecule is O=[N+]([O-])c1cccc(NC2CCCCC2C2CCCN2)c1. The molecule has 0 bridgehead atoms. The van der Waals surface area contributed by atoms with E-state index in [1.807, 2.05) is 6.07 Å². The molecule has 0 spiro atoms. The Kier molecular flexibility index (Phi) is 4.39. The summed E-state index contributed by atoms with van der Waals surface area (Å²) in [5.74, 6) is 0.639. The number of nitro groups is 1. The molecule has 5 heteroatoms. The smallest absolute Gasteiger partial charge is 0.271 e. The number of benzene rings is 1. The number of non-ortho nitro benzene ring substituents is 1. The second-order valence-corrected chi connectivity index (χ2v) is 6.21. The van der Waals surface area contributed by atoms with Gasteiger partial charge in [0.05, 0.1) is 4.92 Å². The van der Waals surface area contributed by atoms with Crippen LogP contribution in [0, 0.1) is 16.0 Å². The van der Waals surface area contributed by atoms with E-state index in [0.29, 0.717) is 18.0 Å². The first kappa shape index (κ1) is 14.3. The van der Waals surface area contributed by atoms with Crippen LogP contribution in [0.1, 0.15) is 38.5 Å². The van der Waals surface area contributed by atoms with Crippen LogP contribution in [0.2, 0.25) is 0 Å². The maximum absolute atomic E-state index is 10.9. The van der Waals surface area contributed by atoms with Crippen molar-refractivity contribution in [2.24, 2.45) is 5.92 Å². The number of nitro benzene ring substituents is 1. The molecule has 3 atom stereocenters. The van der Waals surface area contributed by atoms with Crippen LogP contribution in [0.4, 0.5) is 11.4 Å². The molecule has 1 saturated carbocycles. The topological polar surface area (TPSA) is 67.2 Å². The zero-order valence-electron chi connectivity index (χ0n) is 12.3. The van der Waals surface area contributed by atoms with Crippen molar-refractivity contribution >= 4 is 11.4 Å². The van der Waals surface area contributed by atoms with Crippen LogP contribution >= 0.6 is 0 Å². The van der Waals surface area contributed by atoms with Gasteiger partial charge in [-0.05, 0) is 44.2 Å². The van der Waals surface area contributed by atoms with Crippen molar-refractivity contribution in [2.75, 3.05) is 11.9 Å². The van der Waals surface area contributed by atoms with Crippen LogP contribution in [0.3, 0.4) is 0 Å². The Hall–Kier alpha value is -1.62. The minimum absolute atomic E-state index is 0.159. The number of hydrogen-bond donors (Lipinski definition) is 2. The molecule has 0 radical (unpaired) electrons. The molecular formula is C16H23N3O2. The minimum atomic E-state index is -0.331. The fraction of sp³-hybridized carbons (Fsp3) is 0.625. The first-order valence-electron chi connectivity index (χ1n) is 7.98. The molecular weight excluding hydrogens is 266 g/mol. The Morgan fingerprint density at radius 2 is 2.05 bits per heavy atom. The van der Waals surface area contributed by atoms with Crippen LogP contribution in [0.5, 0.6) is 0 Å². The first-order valence-corrected chi connectivity index (χ1v) is 7.98. The summed E-state index contributed by atoms with van der Waals surface area (Å²) in [5, 5.41) is 18.1. The van der Waals surface area contributed by atoms with Crippen LogP contribution in [-0.2, 0) is 0 Å². The molecule has 1 aromatic rings. The summed E-state index contributed by atoms with van der Waals surface area (Å²) < 4.78 is 0. The number of nitrogens with zero attached hydrogens (tertiary/aromatic N) is 1. The summed E-state index contributed by atoms with van der Waals surface area (Å²) in [5.41, 5.74) is 1.03. The molecule has 2 aliphatic rings. The highest BCUT2D eigenvalue weighted by molar-refractivity contribution is 5.51. The van der Waals surface area contributed by atoms with E-state index in [0.717, 1.165) is 18.7 Å². The average Bonchev–Trinajstić information content (AvgIpc) is 3.02. The summed E-state index contributed by atoms with van der Waals surface area (Å²) in [6.07, 6.45) is 7.49. The van der Waals surface area contributed by atoms with E-state index in [-0.39, 0.29) is 10.6 Å². The van der Waals surface area contributed by atoms with Gasteiger partial charge in [0.15, 0.2) is 0 Å². The second kappa shape index (κ2) is 6.43. The third-order valence-corrected chi connectivity index (χ3v) is 4.84. The van der Waals surface area contributed by atoms with E-state index in [2.05, 4.69) is 10.6 Å². The number of hydrogen-bond acceptors (Lipinski definition) is 4. The van der Waals surface area contributed by atoms with Crippen molar-refractivity contribution in [1.29, 1.82) is 0 Å². The maximum atomic E-state index is 10.9. The van der Waals surface area contributed by atoms with Gasteiger partial charge in [0.25, 0.3) is 5.69 Å². The van der Waals surface area contributed by atoms with E-state index < -0.39 is 0 Å². The predicted molar refractivity (Wildman–Crippen MR) is 83.5 cm³/mol. The summed E-state index contributed by atoms with van der Waals surface area (Å²) in [6, 6.07) is 7.92. The van der Waals surface area contributed by atoms with Gasteiger partial charge in [0.2, 0.25) is 0 Å². The molecule has 21 heavy (non-hydrogen) atoms. The van der Waals surface area contributed by atoms with Crippen LogP contribution in [0.15, 0.2) is 24.3 Å². The van der Waals surface area contributed by atoms with Crippen LogP contribution in [0.25, 0.3) is 0 Å². The van der Waals surface area contributed by atoms with E-state index in [1.54, 1.807) is 18.2 Å². The first-order chi connectivity index (χ1) is 10.2. The van der Waals surface area contributed by atoms with Gasteiger partial charge in [-0.25, -0.2) is 0 Å². The van der Waals surface area contributed by atoms with E-state index in [4.69, 9.17) is 0 Å². The molecule has 3 unspecified atom stereocenters. The lowest BCUT2D eigenvalue weighted by Crippen LogP contribution is -2.43. The lowest BCUT2D eigenvalue weighted by Gasteiger charge is -2.36. The number of anilines is 1. The molecule has 1 heterocycles. The molecule has 5 nitrogen and oxygen atoms in total. The van der Waals surface area contributed by atoms with Gasteiger partial charge in [0.1, 0.15) is 0 Å². The Bertz CT molecular complexity index is 500. The van der Waals surface area contributed by atoms with E-state index >= 15 is 0 Å². The summed E-state index contributed by atoms with van der Waals surface area (Å²) in [7, 11) is 0. The Morgan fingerprint density at radius 3 is 2.81 bits per heavy atom. The summed E-state index contributed by atoms with van der Waals surface area (Å²) in [6.45, 7) is 1.13. The van der Waals surface area contributed by atoms with Crippen LogP contribution in [-0.4, -0.2) is 23.6 Å². The van der Waals surface area contributed by atoms with Crippen molar-refractivity contribution in [3.05, 3.63) is 34.4 Å². The number of rotatable bonds is 4. The quantitative estimate of drug-likeness (QED) is 0.659. The highest BCUT2D eigenvalue weighted by atomic mass is 16.6. The van der Waals surface area contributed by atoms with Crippen molar-refractivity contribution in [3.63, 3.8) is 0 Å². The van der Waals surface area contributed by atoms with Gasteiger partial charge in [-0.3, -0.25) is 10.1 Å². The summed E-state index contributed by atoms with van der Waals surface area (Å²) >= 11 is 0. The molecule has 2 fully saturated rings. The number of nitrogens with one attached hydrogen (secondary N) is 2. The maximum Gasteiger partial charge on any atom is 0.271 e. The molecule has 1 saturated heterocycles. The third-order valence-electron chi connectivity index (χ3n) is 4.84. The molecule has 114 valence electrons. The molecule has 1 aromatic carbocycles. The lowest BCUT2D eigenvalue weighted by molar-refractivity contribution is -0.384. The zero-order valence-corrected chi connectivity index (χ0v) is 12.3. The largest absolute Gasteiger partial charge is 0.382 e. The monoisotopic (exact) mass is 289 g/mol. The van der Waals surface area contributed by atoms with Gasteiger partial charge in [0, 0.05) is 29.9 Å². The molecule has 3 rings (SSSR count). The molecule has 1 aliphatic heterocycles. The molecule has 0 amide bonds. The molecule has 0 aromatic heterocycles. The molecule has 2 N–H and O–H groups in total. The minimum Gasteiger partial charge on any atom is -0.382 e. The Labute approximate surface area is 125 Å². The highest BCUT2D eigenvalue weighted by Crippen LogP contribution is 2.33. The van der Waals surface area contributed by atoms with Crippen molar-refractivity contribution in [2.45, 2.75) is 50.6 Å². The molecule has 1 aliphatic carbocycles. The van der Waals surface area contributed by atoms with Crippen LogP contribution < -0.4 is 10.6 Å². The van der Waals surface area contributed by atoms with E-state index in [1.165, 1.54) is 32.1 Å². The van der Waals surface area contributed by atoms with E-state index in [9.17, 15) is 10.1 Å². The predicted octanol–water partition coefficient (Wildman–Crippen LogP) is 3.32. The van der Waals surface area contributed by atoms with Gasteiger partial charge >= 0.3 is 0 Å². The van der Waals surface area contributed by atoms with Crippen molar-refractivity contribution in [3.8, 4) is 0 Å². The zero-order chi connectivity index (χ0) is 14.7. The third kappa shape index (κ3) is 3.35. The fourth-order valence-electron chi connectivity index (χ4n) is 3.82. The van der Waals surface area contributed by atoms with Crippen molar-refractivity contribution < 1.29 is 4.92 Å². The van der Waals surface area contributed by atoms with Gasteiger partial charge in [-0.15, -0.1) is 0 Å². The van der Waals surface area contributed by atoms with Gasteiger partial charge in [-0.1, -0.05) is 18.9 Å². The second-order valence-electron chi connectivity index (χ2n) is 6.21. The lowest BCUT2D eigenvalue weighted by atomic mass is 9.79. The van der Waals surface area contributed by atoms with Gasteiger partial charge in [-0.2, -0.15) is 0 Å². The Morgan fingerprint density at radius 1 is 1.19 bits per heavy atom. The standard InChI is InChI=1S/C16H23N3O2/c20-19(21)13-6-3-5-12(11-13)18-16-8-2-1-7-14(16)15-9-4-10-17-15/h3,5-6,11,14-18H,1-2,4,7-10H2. The van der Waals surface area contributed by atoms with Crippen molar-refractivity contribution in [1.82, 2.24) is 5.32 Å². The summed E-state index contributed by atoms with van der Waals surface area (Å²) in [4.78, 5) is 10.6. The highest BCUT2D eigenvalue weighted by Gasteiger charge is 2.33.